The zero-order chi connectivity index (χ0) is 11.2. The van der Waals surface area contributed by atoms with Crippen LogP contribution in [0.5, 0.6) is 0 Å². The van der Waals surface area contributed by atoms with Crippen molar-refractivity contribution >= 4 is 23.0 Å². The Hall–Kier alpha value is -1.73. The zero-order valence-electron chi connectivity index (χ0n) is 8.55. The number of hydrogen-bond donors (Lipinski definition) is 3. The summed E-state index contributed by atoms with van der Waals surface area (Å²) in [6, 6.07) is 1.75. The summed E-state index contributed by atoms with van der Waals surface area (Å²) in [4.78, 5) is 12.2. The van der Waals surface area contributed by atoms with Crippen LogP contribution in [0.1, 0.15) is 5.69 Å². The van der Waals surface area contributed by atoms with E-state index in [1.54, 1.807) is 17.4 Å². The van der Waals surface area contributed by atoms with Crippen LogP contribution in [0.2, 0.25) is 0 Å². The predicted octanol–water partition coefficient (Wildman–Crippen LogP) is 0.873. The molecule has 0 aliphatic rings. The van der Waals surface area contributed by atoms with Crippen LogP contribution in [0.3, 0.4) is 0 Å². The molecule has 7 heteroatoms. The third-order valence-electron chi connectivity index (χ3n) is 1.99. The summed E-state index contributed by atoms with van der Waals surface area (Å²) in [7, 11) is 0. The second-order valence-corrected chi connectivity index (χ2v) is 3.81. The molecule has 0 fully saturated rings. The number of nitrogens with two attached hydrogens (primary N) is 1. The molecule has 0 spiro atoms. The molecule has 84 valence electrons. The minimum Gasteiger partial charge on any atom is -0.370 e. The van der Waals surface area contributed by atoms with Crippen LogP contribution in [-0.2, 0) is 6.42 Å². The highest BCUT2D eigenvalue weighted by molar-refractivity contribution is 7.07. The van der Waals surface area contributed by atoms with Gasteiger partial charge < -0.3 is 10.7 Å². The Morgan fingerprint density at radius 3 is 2.88 bits per heavy atom. The van der Waals surface area contributed by atoms with Gasteiger partial charge in [-0.25, -0.2) is 20.8 Å². The standard InChI is InChI=1S/C9H12N6S/c10-15-9-3-8(12-5-13-9)11-2-1-7-4-16-6-14-7/h3-6H,1-2,10H2,(H2,11,12,13,15). The number of rotatable bonds is 5. The molecule has 0 saturated heterocycles. The fourth-order valence-corrected chi connectivity index (χ4v) is 1.81. The first-order chi connectivity index (χ1) is 7.88. The van der Waals surface area contributed by atoms with Crippen LogP contribution in [-0.4, -0.2) is 21.5 Å². The Labute approximate surface area is 96.9 Å². The van der Waals surface area contributed by atoms with Crippen molar-refractivity contribution in [3.05, 3.63) is 29.0 Å². The van der Waals surface area contributed by atoms with E-state index in [4.69, 9.17) is 5.84 Å². The summed E-state index contributed by atoms with van der Waals surface area (Å²) in [5.41, 5.74) is 5.39. The monoisotopic (exact) mass is 236 g/mol. The van der Waals surface area contributed by atoms with E-state index in [2.05, 4.69) is 25.7 Å². The second-order valence-electron chi connectivity index (χ2n) is 3.09. The molecule has 0 aliphatic heterocycles. The molecule has 16 heavy (non-hydrogen) atoms. The maximum Gasteiger partial charge on any atom is 0.145 e. The smallest absolute Gasteiger partial charge is 0.145 e. The zero-order valence-corrected chi connectivity index (χ0v) is 9.37. The van der Waals surface area contributed by atoms with Crippen molar-refractivity contribution in [1.82, 2.24) is 15.0 Å². The number of anilines is 2. The van der Waals surface area contributed by atoms with Gasteiger partial charge in [0.25, 0.3) is 0 Å². The summed E-state index contributed by atoms with van der Waals surface area (Å²) < 4.78 is 0. The van der Waals surface area contributed by atoms with Gasteiger partial charge in [-0.05, 0) is 0 Å². The van der Waals surface area contributed by atoms with Gasteiger partial charge in [0, 0.05) is 24.4 Å². The Bertz CT molecular complexity index is 429. The molecule has 2 heterocycles. The normalized spacial score (nSPS) is 10.1. The molecule has 0 radical (unpaired) electrons. The molecular weight excluding hydrogens is 224 g/mol. The molecule has 2 aromatic heterocycles. The fraction of sp³-hybridized carbons (Fsp3) is 0.222. The number of aromatic nitrogens is 3. The quantitative estimate of drug-likeness (QED) is 0.527. The second kappa shape index (κ2) is 5.38. The summed E-state index contributed by atoms with van der Waals surface area (Å²) in [6.07, 6.45) is 2.33. The molecule has 0 saturated carbocycles. The Morgan fingerprint density at radius 1 is 1.25 bits per heavy atom. The molecule has 0 atom stereocenters. The highest BCUT2D eigenvalue weighted by atomic mass is 32.1. The van der Waals surface area contributed by atoms with E-state index in [0.717, 1.165) is 24.5 Å². The number of hydrazine groups is 1. The van der Waals surface area contributed by atoms with Crippen LogP contribution < -0.4 is 16.6 Å². The van der Waals surface area contributed by atoms with Gasteiger partial charge in [0.2, 0.25) is 0 Å². The lowest BCUT2D eigenvalue weighted by Gasteiger charge is -2.05. The minimum atomic E-state index is 0.589. The van der Waals surface area contributed by atoms with E-state index in [0.29, 0.717) is 5.82 Å². The topological polar surface area (TPSA) is 88.8 Å². The average molecular weight is 236 g/mol. The lowest BCUT2D eigenvalue weighted by atomic mass is 10.3. The van der Waals surface area contributed by atoms with E-state index in [-0.39, 0.29) is 0 Å². The van der Waals surface area contributed by atoms with E-state index in [1.165, 1.54) is 6.33 Å². The van der Waals surface area contributed by atoms with Crippen LogP contribution in [0.15, 0.2) is 23.3 Å². The van der Waals surface area contributed by atoms with Crippen LogP contribution in [0, 0.1) is 0 Å². The Balaban J connectivity index is 1.85. The first kappa shape index (κ1) is 10.8. The van der Waals surface area contributed by atoms with Gasteiger partial charge in [0.15, 0.2) is 0 Å². The third-order valence-corrected chi connectivity index (χ3v) is 2.62. The molecule has 0 unspecified atom stereocenters. The number of nitrogens with one attached hydrogen (secondary N) is 2. The maximum atomic E-state index is 5.25. The van der Waals surface area contributed by atoms with Crippen molar-refractivity contribution < 1.29 is 0 Å². The third kappa shape index (κ3) is 2.88. The van der Waals surface area contributed by atoms with Crippen molar-refractivity contribution in [3.63, 3.8) is 0 Å². The van der Waals surface area contributed by atoms with Gasteiger partial charge in [-0.15, -0.1) is 11.3 Å². The van der Waals surface area contributed by atoms with E-state index in [1.807, 2.05) is 10.9 Å². The SMILES string of the molecule is NNc1cc(NCCc2cscn2)ncn1. The summed E-state index contributed by atoms with van der Waals surface area (Å²) in [5, 5.41) is 5.21. The van der Waals surface area contributed by atoms with Crippen molar-refractivity contribution in [2.75, 3.05) is 17.3 Å². The highest BCUT2D eigenvalue weighted by Gasteiger charge is 1.98. The first-order valence-corrected chi connectivity index (χ1v) is 5.72. The van der Waals surface area contributed by atoms with Crippen LogP contribution in [0.4, 0.5) is 11.6 Å². The van der Waals surface area contributed by atoms with Gasteiger partial charge in [-0.3, -0.25) is 0 Å². The lowest BCUT2D eigenvalue weighted by Crippen LogP contribution is -2.11. The van der Waals surface area contributed by atoms with Gasteiger partial charge in [-0.1, -0.05) is 0 Å². The van der Waals surface area contributed by atoms with E-state index >= 15 is 0 Å². The number of nitrogens with zero attached hydrogens (tertiary/aromatic N) is 3. The molecule has 0 bridgehead atoms. The molecule has 4 N–H and O–H groups in total. The van der Waals surface area contributed by atoms with Crippen molar-refractivity contribution in [3.8, 4) is 0 Å². The summed E-state index contributed by atoms with van der Waals surface area (Å²) in [6.45, 7) is 0.782. The molecule has 0 aliphatic carbocycles. The van der Waals surface area contributed by atoms with Crippen molar-refractivity contribution in [2.45, 2.75) is 6.42 Å². The molecule has 2 rings (SSSR count). The van der Waals surface area contributed by atoms with Gasteiger partial charge in [0.05, 0.1) is 11.2 Å². The lowest BCUT2D eigenvalue weighted by molar-refractivity contribution is 0.964. The Morgan fingerprint density at radius 2 is 2.12 bits per heavy atom. The average Bonchev–Trinajstić information content (AvgIpc) is 2.82. The van der Waals surface area contributed by atoms with Crippen molar-refractivity contribution in [2.24, 2.45) is 5.84 Å². The summed E-state index contributed by atoms with van der Waals surface area (Å²) >= 11 is 1.60. The molecule has 0 aromatic carbocycles. The maximum absolute atomic E-state index is 5.25. The number of hydrogen-bond acceptors (Lipinski definition) is 7. The van der Waals surface area contributed by atoms with Gasteiger partial charge >= 0.3 is 0 Å². The molecular formula is C9H12N6S. The number of nitrogen functional groups attached to an aromatic ring is 1. The fourth-order valence-electron chi connectivity index (χ4n) is 1.21. The van der Waals surface area contributed by atoms with E-state index in [9.17, 15) is 0 Å². The van der Waals surface area contributed by atoms with Crippen molar-refractivity contribution in [1.29, 1.82) is 0 Å². The molecule has 0 amide bonds. The first-order valence-electron chi connectivity index (χ1n) is 4.78. The summed E-state index contributed by atoms with van der Waals surface area (Å²) in [5.74, 6) is 6.59. The molecule has 6 nitrogen and oxygen atoms in total. The van der Waals surface area contributed by atoms with Crippen LogP contribution >= 0.6 is 11.3 Å². The predicted molar refractivity (Wildman–Crippen MR) is 64.1 cm³/mol. The van der Waals surface area contributed by atoms with Gasteiger partial charge in [-0.2, -0.15) is 0 Å². The minimum absolute atomic E-state index is 0.589. The Kier molecular flexibility index (Phi) is 3.62. The highest BCUT2D eigenvalue weighted by Crippen LogP contribution is 2.07. The molecule has 2 aromatic rings. The van der Waals surface area contributed by atoms with Gasteiger partial charge in [0.1, 0.15) is 18.0 Å². The number of thiazole rings is 1. The van der Waals surface area contributed by atoms with Crippen LogP contribution in [0.25, 0.3) is 0 Å². The van der Waals surface area contributed by atoms with E-state index < -0.39 is 0 Å². The largest absolute Gasteiger partial charge is 0.370 e.